The zero-order chi connectivity index (χ0) is 13.1. The van der Waals surface area contributed by atoms with Gasteiger partial charge in [-0.1, -0.05) is 6.07 Å². The predicted molar refractivity (Wildman–Crippen MR) is 85.6 cm³/mol. The van der Waals surface area contributed by atoms with Gasteiger partial charge < -0.3 is 5.32 Å². The Balaban J connectivity index is 1.88. The van der Waals surface area contributed by atoms with Gasteiger partial charge in [0.1, 0.15) is 10.7 Å². The summed E-state index contributed by atoms with van der Waals surface area (Å²) < 4.78 is 1.17. The topological polar surface area (TPSA) is 50.7 Å². The third-order valence-electron chi connectivity index (χ3n) is 2.39. The second kappa shape index (κ2) is 5.62. The van der Waals surface area contributed by atoms with Gasteiger partial charge >= 0.3 is 0 Å². The summed E-state index contributed by atoms with van der Waals surface area (Å²) in [6, 6.07) is 9.92. The monoisotopic (exact) mass is 380 g/mol. The normalized spacial score (nSPS) is 10.4. The zero-order valence-corrected chi connectivity index (χ0v) is 12.7. The van der Waals surface area contributed by atoms with Gasteiger partial charge in [-0.05, 0) is 46.9 Å². The zero-order valence-electron chi connectivity index (χ0n) is 9.75. The molecule has 94 valence electrons. The molecular formula is C13H9IN4S. The number of nitrogens with zero attached hydrogens (tertiary/aromatic N) is 3. The Kier molecular flexibility index (Phi) is 3.69. The lowest BCUT2D eigenvalue weighted by Crippen LogP contribution is -1.97. The van der Waals surface area contributed by atoms with Crippen LogP contribution in [-0.4, -0.2) is 15.0 Å². The molecule has 4 nitrogen and oxygen atoms in total. The maximum Gasteiger partial charge on any atom is 0.227 e. The van der Waals surface area contributed by atoms with Crippen LogP contribution in [0.15, 0.2) is 48.1 Å². The van der Waals surface area contributed by atoms with Gasteiger partial charge in [-0.2, -0.15) is 0 Å². The molecule has 0 saturated heterocycles. The molecule has 0 aliphatic heterocycles. The van der Waals surface area contributed by atoms with Crippen molar-refractivity contribution in [2.75, 3.05) is 5.32 Å². The van der Waals surface area contributed by atoms with Crippen molar-refractivity contribution < 1.29 is 0 Å². The number of halogens is 1. The first-order chi connectivity index (χ1) is 9.31. The molecule has 1 N–H and O–H groups in total. The molecule has 0 aliphatic carbocycles. The molecule has 0 aliphatic rings. The molecule has 0 fully saturated rings. The second-order valence-electron chi connectivity index (χ2n) is 3.74. The number of anilines is 2. The van der Waals surface area contributed by atoms with E-state index >= 15 is 0 Å². The molecule has 0 radical (unpaired) electrons. The lowest BCUT2D eigenvalue weighted by Gasteiger charge is -2.05. The summed E-state index contributed by atoms with van der Waals surface area (Å²) in [5.74, 6) is 0.578. The van der Waals surface area contributed by atoms with Crippen LogP contribution >= 0.6 is 33.9 Å². The van der Waals surface area contributed by atoms with E-state index in [4.69, 9.17) is 0 Å². The van der Waals surface area contributed by atoms with Crippen LogP contribution in [0.25, 0.3) is 10.7 Å². The molecule has 0 atom stereocenters. The molecule has 2 aromatic heterocycles. The van der Waals surface area contributed by atoms with Crippen molar-refractivity contribution in [2.45, 2.75) is 0 Å². The fourth-order valence-corrected chi connectivity index (χ4v) is 2.73. The van der Waals surface area contributed by atoms with Crippen molar-refractivity contribution in [3.63, 3.8) is 0 Å². The van der Waals surface area contributed by atoms with Crippen LogP contribution in [0.1, 0.15) is 0 Å². The van der Waals surface area contributed by atoms with E-state index in [1.165, 1.54) is 3.57 Å². The number of nitrogens with one attached hydrogen (secondary N) is 1. The summed E-state index contributed by atoms with van der Waals surface area (Å²) in [6.07, 6.45) is 3.51. The summed E-state index contributed by atoms with van der Waals surface area (Å²) >= 11 is 3.84. The van der Waals surface area contributed by atoms with Gasteiger partial charge in [0.15, 0.2) is 0 Å². The van der Waals surface area contributed by atoms with Crippen LogP contribution in [0.2, 0.25) is 0 Å². The molecule has 3 aromatic rings. The number of benzene rings is 1. The number of thiazole rings is 1. The Labute approximate surface area is 128 Å². The highest BCUT2D eigenvalue weighted by molar-refractivity contribution is 14.1. The molecule has 19 heavy (non-hydrogen) atoms. The predicted octanol–water partition coefficient (Wildman–Crippen LogP) is 3.95. The summed E-state index contributed by atoms with van der Waals surface area (Å²) in [5.41, 5.74) is 1.81. The van der Waals surface area contributed by atoms with Gasteiger partial charge in [0.05, 0.1) is 0 Å². The average Bonchev–Trinajstić information content (AvgIpc) is 2.93. The Bertz CT molecular complexity index is 685. The van der Waals surface area contributed by atoms with Crippen LogP contribution < -0.4 is 5.32 Å². The van der Waals surface area contributed by atoms with E-state index in [9.17, 15) is 0 Å². The fourth-order valence-electron chi connectivity index (χ4n) is 1.58. The fraction of sp³-hybridized carbons (Fsp3) is 0. The first kappa shape index (κ1) is 12.5. The summed E-state index contributed by atoms with van der Waals surface area (Å²) in [5, 5.41) is 6.03. The maximum absolute atomic E-state index is 4.46. The Morgan fingerprint density at radius 2 is 2.05 bits per heavy atom. The van der Waals surface area contributed by atoms with E-state index in [2.05, 4.69) is 42.9 Å². The minimum absolute atomic E-state index is 0.578. The third-order valence-corrected chi connectivity index (χ3v) is 3.85. The molecule has 2 heterocycles. The first-order valence-corrected chi connectivity index (χ1v) is 7.52. The highest BCUT2D eigenvalue weighted by Crippen LogP contribution is 2.21. The van der Waals surface area contributed by atoms with Crippen molar-refractivity contribution in [1.82, 2.24) is 15.0 Å². The minimum Gasteiger partial charge on any atom is -0.324 e. The van der Waals surface area contributed by atoms with E-state index < -0.39 is 0 Å². The molecule has 1 aromatic carbocycles. The number of hydrogen-bond acceptors (Lipinski definition) is 5. The van der Waals surface area contributed by atoms with Gasteiger partial charge in [0, 0.05) is 27.0 Å². The molecule has 3 rings (SSSR count). The minimum atomic E-state index is 0.578. The summed E-state index contributed by atoms with van der Waals surface area (Å²) in [4.78, 5) is 12.9. The quantitative estimate of drug-likeness (QED) is 0.700. The van der Waals surface area contributed by atoms with Crippen molar-refractivity contribution in [1.29, 1.82) is 0 Å². The number of rotatable bonds is 3. The lowest BCUT2D eigenvalue weighted by molar-refractivity contribution is 1.16. The van der Waals surface area contributed by atoms with Crippen LogP contribution in [0.4, 0.5) is 11.6 Å². The maximum atomic E-state index is 4.46. The molecule has 0 saturated carbocycles. The molecule has 0 spiro atoms. The van der Waals surface area contributed by atoms with E-state index in [1.807, 2.05) is 35.7 Å². The third kappa shape index (κ3) is 3.07. The first-order valence-electron chi connectivity index (χ1n) is 5.57. The Morgan fingerprint density at radius 3 is 2.84 bits per heavy atom. The van der Waals surface area contributed by atoms with Crippen molar-refractivity contribution in [3.8, 4) is 10.7 Å². The highest BCUT2D eigenvalue weighted by atomic mass is 127. The molecule has 6 heteroatoms. The van der Waals surface area contributed by atoms with Crippen LogP contribution in [0, 0.1) is 3.57 Å². The van der Waals surface area contributed by atoms with E-state index in [0.29, 0.717) is 5.95 Å². The number of hydrogen-bond donors (Lipinski definition) is 1. The second-order valence-corrected chi connectivity index (χ2v) is 5.88. The highest BCUT2D eigenvalue weighted by Gasteiger charge is 2.04. The standard InChI is InChI=1S/C13H9IN4S/c14-9-2-1-3-10(8-9)17-13-16-5-4-11(18-13)12-15-6-7-19-12/h1-8H,(H,16,17,18). The van der Waals surface area contributed by atoms with Gasteiger partial charge in [-0.15, -0.1) is 11.3 Å². The SMILES string of the molecule is Ic1cccc(Nc2nccc(-c3nccs3)n2)c1. The van der Waals surface area contributed by atoms with E-state index in [-0.39, 0.29) is 0 Å². The van der Waals surface area contributed by atoms with Gasteiger partial charge in [-0.3, -0.25) is 0 Å². The average molecular weight is 380 g/mol. The molecule has 0 unspecified atom stereocenters. The smallest absolute Gasteiger partial charge is 0.227 e. The van der Waals surface area contributed by atoms with Crippen molar-refractivity contribution in [2.24, 2.45) is 0 Å². The van der Waals surface area contributed by atoms with Crippen LogP contribution in [0.3, 0.4) is 0 Å². The van der Waals surface area contributed by atoms with Gasteiger partial charge in [0.2, 0.25) is 5.95 Å². The van der Waals surface area contributed by atoms with Crippen molar-refractivity contribution >= 4 is 45.6 Å². The van der Waals surface area contributed by atoms with Crippen LogP contribution in [-0.2, 0) is 0 Å². The Morgan fingerprint density at radius 1 is 1.11 bits per heavy atom. The van der Waals surface area contributed by atoms with Gasteiger partial charge in [-0.25, -0.2) is 15.0 Å². The lowest BCUT2D eigenvalue weighted by atomic mass is 10.3. The van der Waals surface area contributed by atoms with Crippen molar-refractivity contribution in [3.05, 3.63) is 51.7 Å². The molecular weight excluding hydrogens is 371 g/mol. The molecule has 0 bridgehead atoms. The van der Waals surface area contributed by atoms with Crippen LogP contribution in [0.5, 0.6) is 0 Å². The largest absolute Gasteiger partial charge is 0.324 e. The number of aromatic nitrogens is 3. The van der Waals surface area contributed by atoms with E-state index in [0.717, 1.165) is 16.4 Å². The van der Waals surface area contributed by atoms with Gasteiger partial charge in [0.25, 0.3) is 0 Å². The summed E-state index contributed by atoms with van der Waals surface area (Å²) in [6.45, 7) is 0. The van der Waals surface area contributed by atoms with E-state index in [1.54, 1.807) is 23.7 Å². The Hall–Kier alpha value is -1.54. The molecule has 0 amide bonds. The summed E-state index contributed by atoms with van der Waals surface area (Å²) in [7, 11) is 0.